The van der Waals surface area contributed by atoms with Crippen LogP contribution >= 0.6 is 11.3 Å². The van der Waals surface area contributed by atoms with Gasteiger partial charge in [0.15, 0.2) is 0 Å². The van der Waals surface area contributed by atoms with Crippen LogP contribution in [0.15, 0.2) is 17.5 Å². The minimum atomic E-state index is -0.462. The number of carbonyl (C=O) groups excluding carboxylic acids is 2. The fourth-order valence-corrected chi connectivity index (χ4v) is 2.99. The number of nitrogens with one attached hydrogen (secondary N) is 1. The predicted octanol–water partition coefficient (Wildman–Crippen LogP) is 1.29. The molecule has 2 amide bonds. The number of hydrogen-bond donors (Lipinski definition) is 1. The van der Waals surface area contributed by atoms with Crippen molar-refractivity contribution in [2.75, 3.05) is 26.3 Å². The lowest BCUT2D eigenvalue weighted by atomic mass is 10.0. The molecule has 0 aliphatic carbocycles. The Hall–Kier alpha value is -1.40. The third-order valence-corrected chi connectivity index (χ3v) is 4.36. The topological polar surface area (TPSA) is 58.6 Å². The van der Waals surface area contributed by atoms with Crippen LogP contribution in [0.5, 0.6) is 0 Å². The number of amides is 2. The summed E-state index contributed by atoms with van der Waals surface area (Å²) < 4.78 is 5.26. The summed E-state index contributed by atoms with van der Waals surface area (Å²) in [4.78, 5) is 27.4. The van der Waals surface area contributed by atoms with Crippen molar-refractivity contribution in [1.82, 2.24) is 10.2 Å². The van der Waals surface area contributed by atoms with Gasteiger partial charge in [-0.1, -0.05) is 19.9 Å². The number of ether oxygens (including phenoxy) is 1. The fourth-order valence-electron chi connectivity index (χ4n) is 2.29. The van der Waals surface area contributed by atoms with Crippen LogP contribution in [0.25, 0.3) is 0 Å². The van der Waals surface area contributed by atoms with Crippen molar-refractivity contribution in [2.45, 2.75) is 26.3 Å². The van der Waals surface area contributed by atoms with E-state index in [1.54, 1.807) is 16.2 Å². The Morgan fingerprint density at radius 1 is 1.38 bits per heavy atom. The zero-order chi connectivity index (χ0) is 15.2. The molecule has 0 saturated carbocycles. The Kier molecular flexibility index (Phi) is 5.76. The molecule has 0 spiro atoms. The van der Waals surface area contributed by atoms with Crippen molar-refractivity contribution < 1.29 is 14.3 Å². The first kappa shape index (κ1) is 16.0. The molecule has 1 fully saturated rings. The van der Waals surface area contributed by atoms with Crippen molar-refractivity contribution in [3.63, 3.8) is 0 Å². The lowest BCUT2D eigenvalue weighted by molar-refractivity contribution is -0.141. The number of thiophene rings is 1. The highest BCUT2D eigenvalue weighted by atomic mass is 32.1. The van der Waals surface area contributed by atoms with Gasteiger partial charge in [-0.15, -0.1) is 11.3 Å². The summed E-state index contributed by atoms with van der Waals surface area (Å²) in [6.07, 6.45) is 0.331. The van der Waals surface area contributed by atoms with E-state index in [2.05, 4.69) is 5.32 Å². The monoisotopic (exact) mass is 310 g/mol. The molecular weight excluding hydrogens is 288 g/mol. The molecule has 1 aromatic rings. The lowest BCUT2D eigenvalue weighted by Gasteiger charge is -2.32. The van der Waals surface area contributed by atoms with E-state index in [0.29, 0.717) is 32.7 Å². The summed E-state index contributed by atoms with van der Waals surface area (Å²) in [6.45, 7) is 6.24. The second-order valence-electron chi connectivity index (χ2n) is 5.48. The normalized spacial score (nSPS) is 16.8. The van der Waals surface area contributed by atoms with Gasteiger partial charge in [0.1, 0.15) is 6.04 Å². The maximum absolute atomic E-state index is 12.5. The molecule has 116 valence electrons. The number of rotatable bonds is 5. The van der Waals surface area contributed by atoms with Gasteiger partial charge < -0.3 is 15.0 Å². The van der Waals surface area contributed by atoms with Gasteiger partial charge in [0.25, 0.3) is 0 Å². The van der Waals surface area contributed by atoms with Crippen LogP contribution in [-0.4, -0.2) is 49.1 Å². The summed E-state index contributed by atoms with van der Waals surface area (Å²) in [6, 6.07) is 3.39. The summed E-state index contributed by atoms with van der Waals surface area (Å²) in [5.74, 6) is -0.0433. The van der Waals surface area contributed by atoms with Crippen LogP contribution in [0.3, 0.4) is 0 Å². The highest BCUT2D eigenvalue weighted by Gasteiger charge is 2.29. The number of hydrogen-bond acceptors (Lipinski definition) is 4. The van der Waals surface area contributed by atoms with Crippen molar-refractivity contribution >= 4 is 23.2 Å². The molecule has 6 heteroatoms. The van der Waals surface area contributed by atoms with Gasteiger partial charge in [-0.25, -0.2) is 0 Å². The minimum absolute atomic E-state index is 0.00664. The van der Waals surface area contributed by atoms with E-state index in [-0.39, 0.29) is 17.7 Å². The van der Waals surface area contributed by atoms with Gasteiger partial charge in [-0.05, 0) is 17.4 Å². The zero-order valence-electron chi connectivity index (χ0n) is 12.5. The first-order chi connectivity index (χ1) is 10.1. The molecule has 1 aromatic heterocycles. The Morgan fingerprint density at radius 2 is 2.10 bits per heavy atom. The molecule has 1 aliphatic rings. The van der Waals surface area contributed by atoms with Gasteiger partial charge in [0, 0.05) is 18.0 Å². The van der Waals surface area contributed by atoms with E-state index in [1.807, 2.05) is 31.4 Å². The number of carbonyl (C=O) groups is 2. The first-order valence-electron chi connectivity index (χ1n) is 7.26. The van der Waals surface area contributed by atoms with Crippen LogP contribution in [0.4, 0.5) is 0 Å². The van der Waals surface area contributed by atoms with E-state index in [0.717, 1.165) is 4.88 Å². The van der Waals surface area contributed by atoms with E-state index in [4.69, 9.17) is 4.74 Å². The van der Waals surface area contributed by atoms with Crippen LogP contribution < -0.4 is 5.32 Å². The zero-order valence-corrected chi connectivity index (χ0v) is 13.3. The minimum Gasteiger partial charge on any atom is -0.378 e. The number of nitrogens with zero attached hydrogens (tertiary/aromatic N) is 1. The van der Waals surface area contributed by atoms with Crippen LogP contribution in [0.2, 0.25) is 0 Å². The lowest BCUT2D eigenvalue weighted by Crippen LogP contribution is -2.54. The Bertz CT molecular complexity index is 467. The maximum Gasteiger partial charge on any atom is 0.245 e. The SMILES string of the molecule is CC(C)[C@H](NC(=O)Cc1cccs1)C(=O)N1CCOCC1. The molecular formula is C15H22N2O3S. The maximum atomic E-state index is 12.5. The van der Waals surface area contributed by atoms with Crippen molar-refractivity contribution in [3.8, 4) is 0 Å². The molecule has 1 saturated heterocycles. The summed E-state index contributed by atoms with van der Waals surface area (Å²) in [7, 11) is 0. The van der Waals surface area contributed by atoms with Crippen molar-refractivity contribution in [1.29, 1.82) is 0 Å². The van der Waals surface area contributed by atoms with Crippen LogP contribution in [0, 0.1) is 5.92 Å². The molecule has 2 rings (SSSR count). The third kappa shape index (κ3) is 4.54. The van der Waals surface area contributed by atoms with Crippen LogP contribution in [-0.2, 0) is 20.7 Å². The largest absolute Gasteiger partial charge is 0.378 e. The summed E-state index contributed by atoms with van der Waals surface area (Å²) in [5.41, 5.74) is 0. The molecule has 0 bridgehead atoms. The van der Waals surface area contributed by atoms with E-state index in [1.165, 1.54) is 0 Å². The molecule has 1 atom stereocenters. The van der Waals surface area contributed by atoms with Crippen molar-refractivity contribution in [3.05, 3.63) is 22.4 Å². The first-order valence-corrected chi connectivity index (χ1v) is 8.14. The average molecular weight is 310 g/mol. The van der Waals surface area contributed by atoms with Gasteiger partial charge in [0.2, 0.25) is 11.8 Å². The fraction of sp³-hybridized carbons (Fsp3) is 0.600. The summed E-state index contributed by atoms with van der Waals surface area (Å²) >= 11 is 1.55. The molecule has 1 aliphatic heterocycles. The van der Waals surface area contributed by atoms with Crippen LogP contribution in [0.1, 0.15) is 18.7 Å². The van der Waals surface area contributed by atoms with E-state index in [9.17, 15) is 9.59 Å². The Labute approximate surface area is 129 Å². The molecule has 0 radical (unpaired) electrons. The smallest absolute Gasteiger partial charge is 0.245 e. The molecule has 0 aromatic carbocycles. The van der Waals surface area contributed by atoms with Crippen molar-refractivity contribution in [2.24, 2.45) is 5.92 Å². The van der Waals surface area contributed by atoms with E-state index >= 15 is 0 Å². The molecule has 21 heavy (non-hydrogen) atoms. The average Bonchev–Trinajstić information content (AvgIpc) is 2.97. The van der Waals surface area contributed by atoms with Gasteiger partial charge in [-0.3, -0.25) is 9.59 Å². The molecule has 5 nitrogen and oxygen atoms in total. The molecule has 0 unspecified atom stereocenters. The van der Waals surface area contributed by atoms with Gasteiger partial charge in [-0.2, -0.15) is 0 Å². The number of morpholine rings is 1. The summed E-state index contributed by atoms with van der Waals surface area (Å²) in [5, 5.41) is 4.83. The van der Waals surface area contributed by atoms with Gasteiger partial charge >= 0.3 is 0 Å². The van der Waals surface area contributed by atoms with E-state index < -0.39 is 6.04 Å². The standard InChI is InChI=1S/C15H22N2O3S/c1-11(2)14(15(19)17-5-7-20-8-6-17)16-13(18)10-12-4-3-9-21-12/h3-4,9,11,14H,5-8,10H2,1-2H3,(H,16,18)/t14-/m0/s1. The Morgan fingerprint density at radius 3 is 2.67 bits per heavy atom. The van der Waals surface area contributed by atoms with Gasteiger partial charge in [0.05, 0.1) is 19.6 Å². The third-order valence-electron chi connectivity index (χ3n) is 3.49. The molecule has 2 heterocycles. The second-order valence-corrected chi connectivity index (χ2v) is 6.52. The quantitative estimate of drug-likeness (QED) is 0.891. The highest BCUT2D eigenvalue weighted by molar-refractivity contribution is 7.10. The second kappa shape index (κ2) is 7.56. The molecule has 1 N–H and O–H groups in total. The predicted molar refractivity (Wildman–Crippen MR) is 82.2 cm³/mol. The highest BCUT2D eigenvalue weighted by Crippen LogP contribution is 2.11. The Balaban J connectivity index is 1.94.